The van der Waals surface area contributed by atoms with Gasteiger partial charge in [0.2, 0.25) is 10.0 Å². The van der Waals surface area contributed by atoms with Crippen molar-refractivity contribution in [2.75, 3.05) is 37.3 Å². The van der Waals surface area contributed by atoms with Gasteiger partial charge in [0.1, 0.15) is 16.5 Å². The maximum atomic E-state index is 11.8. The van der Waals surface area contributed by atoms with Gasteiger partial charge in [-0.15, -0.1) is 11.3 Å². The predicted octanol–water partition coefficient (Wildman–Crippen LogP) is 3.23. The Bertz CT molecular complexity index is 999. The van der Waals surface area contributed by atoms with Crippen LogP contribution in [0.5, 0.6) is 0 Å². The molecule has 0 bridgehead atoms. The summed E-state index contributed by atoms with van der Waals surface area (Å²) in [5, 5.41) is 1.21. The van der Waals surface area contributed by atoms with Crippen molar-refractivity contribution < 1.29 is 8.42 Å². The number of nitrogens with zero attached hydrogens (tertiary/aromatic N) is 4. The Hall–Kier alpha value is -1.25. The molecule has 1 aliphatic heterocycles. The molecule has 0 spiro atoms. The first kappa shape index (κ1) is 20.0. The summed E-state index contributed by atoms with van der Waals surface area (Å²) in [6.45, 7) is 11.4. The van der Waals surface area contributed by atoms with Crippen LogP contribution in [-0.4, -0.2) is 55.1 Å². The number of piperazine rings is 1. The van der Waals surface area contributed by atoms with Gasteiger partial charge in [0.05, 0.1) is 11.6 Å². The van der Waals surface area contributed by atoms with E-state index in [1.165, 1.54) is 28.5 Å². The molecule has 154 valence electrons. The third-order valence-corrected chi connectivity index (χ3v) is 8.68. The summed E-state index contributed by atoms with van der Waals surface area (Å²) in [4.78, 5) is 14.4. The van der Waals surface area contributed by atoms with Crippen LogP contribution in [0.3, 0.4) is 0 Å². The summed E-state index contributed by atoms with van der Waals surface area (Å²) in [5.74, 6) is 2.49. The molecule has 0 saturated carbocycles. The van der Waals surface area contributed by atoms with Gasteiger partial charge >= 0.3 is 0 Å². The van der Waals surface area contributed by atoms with Gasteiger partial charge in [-0.25, -0.2) is 18.4 Å². The second kappa shape index (κ2) is 6.92. The lowest BCUT2D eigenvalue weighted by molar-refractivity contribution is 0.218. The van der Waals surface area contributed by atoms with E-state index >= 15 is 0 Å². The van der Waals surface area contributed by atoms with Crippen molar-refractivity contribution in [1.82, 2.24) is 14.3 Å². The molecule has 1 saturated heterocycles. The molecule has 1 atom stereocenters. The number of fused-ring (bicyclic) bond motifs is 3. The second-order valence-corrected chi connectivity index (χ2v) is 12.3. The lowest BCUT2D eigenvalue weighted by Crippen LogP contribution is -2.48. The van der Waals surface area contributed by atoms with Gasteiger partial charge in [-0.1, -0.05) is 20.8 Å². The van der Waals surface area contributed by atoms with Crippen LogP contribution >= 0.6 is 11.3 Å². The first-order chi connectivity index (χ1) is 13.0. The molecule has 4 rings (SSSR count). The molecule has 6 nitrogen and oxygen atoms in total. The van der Waals surface area contributed by atoms with Crippen molar-refractivity contribution in [3.8, 4) is 0 Å². The molecule has 28 heavy (non-hydrogen) atoms. The van der Waals surface area contributed by atoms with Gasteiger partial charge in [-0.3, -0.25) is 0 Å². The van der Waals surface area contributed by atoms with E-state index in [9.17, 15) is 8.42 Å². The minimum Gasteiger partial charge on any atom is -0.353 e. The van der Waals surface area contributed by atoms with Crippen LogP contribution < -0.4 is 4.90 Å². The number of sulfonamides is 1. The summed E-state index contributed by atoms with van der Waals surface area (Å²) in [6.07, 6.45) is 4.70. The summed E-state index contributed by atoms with van der Waals surface area (Å²) >= 11 is 1.83. The molecule has 1 fully saturated rings. The zero-order valence-corrected chi connectivity index (χ0v) is 19.1. The molecular weight excluding hydrogens is 392 g/mol. The van der Waals surface area contributed by atoms with Gasteiger partial charge in [-0.05, 0) is 43.1 Å². The van der Waals surface area contributed by atoms with Crippen molar-refractivity contribution in [3.63, 3.8) is 0 Å². The Morgan fingerprint density at radius 3 is 2.39 bits per heavy atom. The lowest BCUT2D eigenvalue weighted by Gasteiger charge is -2.35. The SMILES string of the molecule is Cc1nc(N2CCN(S(C)(=O)=O)CC2)c2c3c(sc2n1)C[C@@H](C(C)(C)C)CC3. The summed E-state index contributed by atoms with van der Waals surface area (Å²) in [5.41, 5.74) is 1.75. The monoisotopic (exact) mass is 422 g/mol. The first-order valence-electron chi connectivity index (χ1n) is 10.0. The highest BCUT2D eigenvalue weighted by Crippen LogP contribution is 2.45. The van der Waals surface area contributed by atoms with Crippen LogP contribution in [0.25, 0.3) is 10.2 Å². The molecule has 2 aliphatic rings. The zero-order valence-electron chi connectivity index (χ0n) is 17.4. The van der Waals surface area contributed by atoms with E-state index in [-0.39, 0.29) is 0 Å². The number of rotatable bonds is 2. The predicted molar refractivity (Wildman–Crippen MR) is 116 cm³/mol. The van der Waals surface area contributed by atoms with E-state index in [0.29, 0.717) is 37.5 Å². The smallest absolute Gasteiger partial charge is 0.211 e. The van der Waals surface area contributed by atoms with Gasteiger partial charge in [0.25, 0.3) is 0 Å². The fourth-order valence-electron chi connectivity index (χ4n) is 4.46. The average molecular weight is 423 g/mol. The molecule has 0 amide bonds. The number of aromatic nitrogens is 2. The Balaban J connectivity index is 1.70. The fraction of sp³-hybridized carbons (Fsp3) is 0.700. The maximum Gasteiger partial charge on any atom is 0.211 e. The van der Waals surface area contributed by atoms with E-state index in [0.717, 1.165) is 29.3 Å². The van der Waals surface area contributed by atoms with Gasteiger partial charge < -0.3 is 4.90 Å². The highest BCUT2D eigenvalue weighted by Gasteiger charge is 2.33. The van der Waals surface area contributed by atoms with Gasteiger partial charge in [0.15, 0.2) is 0 Å². The van der Waals surface area contributed by atoms with Crippen molar-refractivity contribution in [2.45, 2.75) is 47.0 Å². The molecule has 8 heteroatoms. The highest BCUT2D eigenvalue weighted by atomic mass is 32.2. The third kappa shape index (κ3) is 3.66. The highest BCUT2D eigenvalue weighted by molar-refractivity contribution is 7.88. The number of anilines is 1. The Morgan fingerprint density at radius 1 is 1.11 bits per heavy atom. The zero-order chi connectivity index (χ0) is 20.3. The van der Waals surface area contributed by atoms with Crippen molar-refractivity contribution >= 4 is 37.4 Å². The van der Waals surface area contributed by atoms with Crippen LogP contribution in [-0.2, 0) is 22.9 Å². The van der Waals surface area contributed by atoms with Crippen LogP contribution in [0.2, 0.25) is 0 Å². The topological polar surface area (TPSA) is 66.4 Å². The maximum absolute atomic E-state index is 11.8. The summed E-state index contributed by atoms with van der Waals surface area (Å²) < 4.78 is 25.2. The largest absolute Gasteiger partial charge is 0.353 e. The quantitative estimate of drug-likeness (QED) is 0.743. The van der Waals surface area contributed by atoms with Crippen molar-refractivity contribution in [1.29, 1.82) is 0 Å². The summed E-state index contributed by atoms with van der Waals surface area (Å²) in [6, 6.07) is 0. The number of aryl methyl sites for hydroxylation is 2. The second-order valence-electron chi connectivity index (χ2n) is 9.23. The van der Waals surface area contributed by atoms with Crippen molar-refractivity contribution in [3.05, 3.63) is 16.3 Å². The normalized spacial score (nSPS) is 21.9. The number of hydrogen-bond donors (Lipinski definition) is 0. The summed E-state index contributed by atoms with van der Waals surface area (Å²) in [7, 11) is -3.13. The van der Waals surface area contributed by atoms with Gasteiger partial charge in [0, 0.05) is 31.1 Å². The van der Waals surface area contributed by atoms with E-state index < -0.39 is 10.0 Å². The molecular formula is C20H30N4O2S2. The minimum atomic E-state index is -3.13. The lowest BCUT2D eigenvalue weighted by atomic mass is 9.72. The standard InChI is InChI=1S/C20H30N4O2S2/c1-13-21-18(23-8-10-24(11-9-23)28(5,25)26)17-15-7-6-14(20(2,3)4)12-16(15)27-19(17)22-13/h14H,6-12H2,1-5H3/t14-/m0/s1. The van der Waals surface area contributed by atoms with E-state index in [2.05, 4.69) is 25.7 Å². The van der Waals surface area contributed by atoms with Crippen LogP contribution in [0, 0.1) is 18.3 Å². The van der Waals surface area contributed by atoms with Crippen LogP contribution in [0.1, 0.15) is 43.5 Å². The van der Waals surface area contributed by atoms with Crippen LogP contribution in [0.15, 0.2) is 0 Å². The van der Waals surface area contributed by atoms with E-state index in [1.54, 1.807) is 4.31 Å². The number of hydrogen-bond acceptors (Lipinski definition) is 6. The molecule has 0 radical (unpaired) electrons. The Kier molecular flexibility index (Phi) is 4.95. The molecule has 1 aliphatic carbocycles. The van der Waals surface area contributed by atoms with E-state index in [1.807, 2.05) is 18.3 Å². The van der Waals surface area contributed by atoms with E-state index in [4.69, 9.17) is 9.97 Å². The van der Waals surface area contributed by atoms with Crippen molar-refractivity contribution in [2.24, 2.45) is 11.3 Å². The Morgan fingerprint density at radius 2 is 1.79 bits per heavy atom. The third-order valence-electron chi connectivity index (χ3n) is 6.23. The van der Waals surface area contributed by atoms with Gasteiger partial charge in [-0.2, -0.15) is 4.31 Å². The molecule has 0 unspecified atom stereocenters. The average Bonchev–Trinajstić information content (AvgIpc) is 2.96. The molecule has 0 N–H and O–H groups in total. The first-order valence-corrected chi connectivity index (χ1v) is 12.7. The molecule has 3 heterocycles. The van der Waals surface area contributed by atoms with Crippen LogP contribution in [0.4, 0.5) is 5.82 Å². The molecule has 2 aromatic heterocycles. The molecule has 2 aromatic rings. The fourth-order valence-corrected chi connectivity index (χ4v) is 6.63. The number of thiophene rings is 1. The molecule has 0 aromatic carbocycles. The minimum absolute atomic E-state index is 0.320. The Labute approximate surface area is 172 Å².